The fraction of sp³-hybridized carbons (Fsp3) is 0.615. The van der Waals surface area contributed by atoms with E-state index in [-0.39, 0.29) is 6.04 Å². The first-order valence-corrected chi connectivity index (χ1v) is 6.28. The SMILES string of the molecule is COc1cccnc1N1CCC(OC)CC1CN. The van der Waals surface area contributed by atoms with Gasteiger partial charge in [0, 0.05) is 32.4 Å². The second-order valence-electron chi connectivity index (χ2n) is 4.49. The molecule has 2 heterocycles. The van der Waals surface area contributed by atoms with Crippen molar-refractivity contribution < 1.29 is 9.47 Å². The number of hydrogen-bond donors (Lipinski definition) is 1. The zero-order valence-electron chi connectivity index (χ0n) is 11.0. The van der Waals surface area contributed by atoms with E-state index < -0.39 is 0 Å². The van der Waals surface area contributed by atoms with Gasteiger partial charge in [-0.1, -0.05) is 0 Å². The van der Waals surface area contributed by atoms with Gasteiger partial charge in [0.05, 0.1) is 13.2 Å². The molecule has 1 aliphatic rings. The van der Waals surface area contributed by atoms with Crippen LogP contribution in [0.5, 0.6) is 5.75 Å². The van der Waals surface area contributed by atoms with Crippen molar-refractivity contribution in [3.05, 3.63) is 18.3 Å². The number of rotatable bonds is 4. The van der Waals surface area contributed by atoms with Crippen molar-refractivity contribution in [2.24, 2.45) is 5.73 Å². The predicted octanol–water partition coefficient (Wildman–Crippen LogP) is 1.03. The van der Waals surface area contributed by atoms with E-state index >= 15 is 0 Å². The van der Waals surface area contributed by atoms with Gasteiger partial charge in [-0.2, -0.15) is 0 Å². The zero-order valence-corrected chi connectivity index (χ0v) is 11.0. The highest BCUT2D eigenvalue weighted by atomic mass is 16.5. The summed E-state index contributed by atoms with van der Waals surface area (Å²) in [5.74, 6) is 1.68. The van der Waals surface area contributed by atoms with Gasteiger partial charge in [-0.05, 0) is 25.0 Å². The van der Waals surface area contributed by atoms with E-state index in [1.165, 1.54) is 0 Å². The third kappa shape index (κ3) is 2.57. The summed E-state index contributed by atoms with van der Waals surface area (Å²) in [6, 6.07) is 4.06. The van der Waals surface area contributed by atoms with Crippen LogP contribution < -0.4 is 15.4 Å². The first-order chi connectivity index (χ1) is 8.80. The average molecular weight is 251 g/mol. The molecule has 2 atom stereocenters. The molecule has 0 radical (unpaired) electrons. The molecule has 1 fully saturated rings. The molecule has 0 saturated carbocycles. The van der Waals surface area contributed by atoms with Crippen LogP contribution in [0, 0.1) is 0 Å². The largest absolute Gasteiger partial charge is 0.493 e. The number of pyridine rings is 1. The van der Waals surface area contributed by atoms with Crippen molar-refractivity contribution in [1.82, 2.24) is 4.98 Å². The lowest BCUT2D eigenvalue weighted by atomic mass is 9.99. The number of nitrogens with zero attached hydrogens (tertiary/aromatic N) is 2. The Hall–Kier alpha value is -1.33. The van der Waals surface area contributed by atoms with Crippen LogP contribution in [0.15, 0.2) is 18.3 Å². The van der Waals surface area contributed by atoms with Gasteiger partial charge in [0.25, 0.3) is 0 Å². The Labute approximate surface area is 108 Å². The molecule has 1 aromatic heterocycles. The molecule has 18 heavy (non-hydrogen) atoms. The number of hydrogen-bond acceptors (Lipinski definition) is 5. The van der Waals surface area contributed by atoms with Crippen molar-refractivity contribution in [1.29, 1.82) is 0 Å². The van der Waals surface area contributed by atoms with Crippen LogP contribution in [0.25, 0.3) is 0 Å². The quantitative estimate of drug-likeness (QED) is 0.866. The number of piperidine rings is 1. The first kappa shape index (κ1) is 13.1. The van der Waals surface area contributed by atoms with E-state index in [1.807, 2.05) is 12.1 Å². The molecule has 0 spiro atoms. The fourth-order valence-electron chi connectivity index (χ4n) is 2.49. The molecule has 1 aliphatic heterocycles. The molecule has 0 bridgehead atoms. The molecule has 2 unspecified atom stereocenters. The summed E-state index contributed by atoms with van der Waals surface area (Å²) in [5.41, 5.74) is 5.87. The van der Waals surface area contributed by atoms with Gasteiger partial charge >= 0.3 is 0 Å². The lowest BCUT2D eigenvalue weighted by Gasteiger charge is -2.39. The molecule has 0 aromatic carbocycles. The number of nitrogens with two attached hydrogens (primary N) is 1. The smallest absolute Gasteiger partial charge is 0.171 e. The third-order valence-corrected chi connectivity index (χ3v) is 3.52. The lowest BCUT2D eigenvalue weighted by molar-refractivity contribution is 0.0706. The minimum Gasteiger partial charge on any atom is -0.493 e. The van der Waals surface area contributed by atoms with Crippen molar-refractivity contribution in [2.75, 3.05) is 32.2 Å². The fourth-order valence-corrected chi connectivity index (χ4v) is 2.49. The summed E-state index contributed by atoms with van der Waals surface area (Å²) in [6.07, 6.45) is 4.01. The second-order valence-corrected chi connectivity index (χ2v) is 4.49. The summed E-state index contributed by atoms with van der Waals surface area (Å²) >= 11 is 0. The van der Waals surface area contributed by atoms with Crippen LogP contribution in [0.1, 0.15) is 12.8 Å². The molecule has 2 rings (SSSR count). The van der Waals surface area contributed by atoms with Gasteiger partial charge in [0.2, 0.25) is 0 Å². The highest BCUT2D eigenvalue weighted by Crippen LogP contribution is 2.30. The van der Waals surface area contributed by atoms with Crippen molar-refractivity contribution in [2.45, 2.75) is 25.0 Å². The van der Waals surface area contributed by atoms with Gasteiger partial charge in [-0.25, -0.2) is 4.98 Å². The van der Waals surface area contributed by atoms with E-state index in [2.05, 4.69) is 9.88 Å². The van der Waals surface area contributed by atoms with Gasteiger partial charge in [0.1, 0.15) is 0 Å². The molecule has 100 valence electrons. The Morgan fingerprint density at radius 2 is 2.33 bits per heavy atom. The summed E-state index contributed by atoms with van der Waals surface area (Å²) in [6.45, 7) is 1.49. The van der Waals surface area contributed by atoms with Crippen LogP contribution in [-0.2, 0) is 4.74 Å². The Bertz CT molecular complexity index is 386. The third-order valence-electron chi connectivity index (χ3n) is 3.52. The summed E-state index contributed by atoms with van der Waals surface area (Å²) < 4.78 is 10.8. The van der Waals surface area contributed by atoms with E-state index in [4.69, 9.17) is 15.2 Å². The van der Waals surface area contributed by atoms with Gasteiger partial charge < -0.3 is 20.1 Å². The minimum atomic E-state index is 0.257. The molecule has 1 aromatic rings. The van der Waals surface area contributed by atoms with E-state index in [0.29, 0.717) is 12.6 Å². The van der Waals surface area contributed by atoms with Gasteiger partial charge in [-0.15, -0.1) is 0 Å². The van der Waals surface area contributed by atoms with Crippen LogP contribution in [0.2, 0.25) is 0 Å². The van der Waals surface area contributed by atoms with E-state index in [1.54, 1.807) is 20.4 Å². The lowest BCUT2D eigenvalue weighted by Crippen LogP contribution is -2.49. The molecule has 2 N–H and O–H groups in total. The van der Waals surface area contributed by atoms with Gasteiger partial charge in [0.15, 0.2) is 11.6 Å². The summed E-state index contributed by atoms with van der Waals surface area (Å²) in [7, 11) is 3.43. The normalized spacial score (nSPS) is 24.1. The van der Waals surface area contributed by atoms with Crippen LogP contribution >= 0.6 is 0 Å². The molecule has 1 saturated heterocycles. The highest BCUT2D eigenvalue weighted by Gasteiger charge is 2.29. The molecular weight excluding hydrogens is 230 g/mol. The highest BCUT2D eigenvalue weighted by molar-refractivity contribution is 5.53. The Morgan fingerprint density at radius 3 is 3.00 bits per heavy atom. The van der Waals surface area contributed by atoms with E-state index in [0.717, 1.165) is 31.0 Å². The number of methoxy groups -OCH3 is 2. The van der Waals surface area contributed by atoms with Crippen molar-refractivity contribution >= 4 is 5.82 Å². The molecular formula is C13H21N3O2. The summed E-state index contributed by atoms with van der Waals surface area (Å²) in [4.78, 5) is 6.66. The maximum atomic E-state index is 5.87. The van der Waals surface area contributed by atoms with Crippen LogP contribution in [-0.4, -0.2) is 44.4 Å². The van der Waals surface area contributed by atoms with E-state index in [9.17, 15) is 0 Å². The maximum Gasteiger partial charge on any atom is 0.171 e. The number of aromatic nitrogens is 1. The van der Waals surface area contributed by atoms with Crippen molar-refractivity contribution in [3.63, 3.8) is 0 Å². The minimum absolute atomic E-state index is 0.257. The van der Waals surface area contributed by atoms with Crippen LogP contribution in [0.4, 0.5) is 5.82 Å². The Balaban J connectivity index is 2.21. The maximum absolute atomic E-state index is 5.87. The Morgan fingerprint density at radius 1 is 1.50 bits per heavy atom. The monoisotopic (exact) mass is 251 g/mol. The number of anilines is 1. The average Bonchev–Trinajstić information content (AvgIpc) is 2.46. The topological polar surface area (TPSA) is 60.6 Å². The molecule has 0 amide bonds. The number of ether oxygens (including phenoxy) is 2. The Kier molecular flexibility index (Phi) is 4.38. The summed E-state index contributed by atoms with van der Waals surface area (Å²) in [5, 5.41) is 0. The van der Waals surface area contributed by atoms with Gasteiger partial charge in [-0.3, -0.25) is 0 Å². The molecule has 5 heteroatoms. The van der Waals surface area contributed by atoms with Crippen molar-refractivity contribution in [3.8, 4) is 5.75 Å². The predicted molar refractivity (Wildman–Crippen MR) is 71.0 cm³/mol. The first-order valence-electron chi connectivity index (χ1n) is 6.28. The molecule has 5 nitrogen and oxygen atoms in total. The standard InChI is InChI=1S/C13H21N3O2/c1-17-11-5-7-16(10(8-11)9-14)13-12(18-2)4-3-6-15-13/h3-4,6,10-11H,5,7-9,14H2,1-2H3. The zero-order chi connectivity index (χ0) is 13.0. The molecule has 0 aliphatic carbocycles. The second kappa shape index (κ2) is 6.02. The van der Waals surface area contributed by atoms with Crippen LogP contribution in [0.3, 0.4) is 0 Å².